The van der Waals surface area contributed by atoms with Gasteiger partial charge in [0.05, 0.1) is 31.2 Å². The van der Waals surface area contributed by atoms with E-state index in [1.807, 2.05) is 23.5 Å². The monoisotopic (exact) mass is 493 g/mol. The van der Waals surface area contributed by atoms with Gasteiger partial charge in [0, 0.05) is 41.8 Å². The van der Waals surface area contributed by atoms with E-state index in [4.69, 9.17) is 16.3 Å². The van der Waals surface area contributed by atoms with E-state index in [9.17, 15) is 9.59 Å². The molecule has 3 heterocycles. The summed E-state index contributed by atoms with van der Waals surface area (Å²) in [6.07, 6.45) is 4.48. The normalized spacial score (nSPS) is 10.8. The SMILES string of the molecule is CCOCCN(C(=O)c1ccc2ncc(-c3ccc(NC(=O)OC)nc3)n2c1)c1ccc(Cl)cc1. The summed E-state index contributed by atoms with van der Waals surface area (Å²) in [4.78, 5) is 35.3. The molecule has 0 fully saturated rings. The van der Waals surface area contributed by atoms with Crippen molar-refractivity contribution in [1.29, 1.82) is 0 Å². The van der Waals surface area contributed by atoms with Crippen molar-refractivity contribution in [2.45, 2.75) is 6.92 Å². The highest BCUT2D eigenvalue weighted by molar-refractivity contribution is 6.30. The highest BCUT2D eigenvalue weighted by atomic mass is 35.5. The second-order valence-electron chi connectivity index (χ2n) is 7.47. The van der Waals surface area contributed by atoms with Crippen molar-refractivity contribution in [1.82, 2.24) is 14.4 Å². The van der Waals surface area contributed by atoms with Crippen LogP contribution < -0.4 is 10.2 Å². The van der Waals surface area contributed by atoms with Gasteiger partial charge in [-0.05, 0) is 55.5 Å². The number of anilines is 2. The van der Waals surface area contributed by atoms with E-state index in [1.165, 1.54) is 7.11 Å². The number of methoxy groups -OCH3 is 1. The molecule has 1 aromatic carbocycles. The number of benzene rings is 1. The molecule has 2 amide bonds. The molecule has 0 atom stereocenters. The van der Waals surface area contributed by atoms with Crippen LogP contribution in [0.4, 0.5) is 16.3 Å². The van der Waals surface area contributed by atoms with Crippen molar-refractivity contribution in [3.63, 3.8) is 0 Å². The van der Waals surface area contributed by atoms with Crippen molar-refractivity contribution in [3.8, 4) is 11.3 Å². The van der Waals surface area contributed by atoms with E-state index in [0.717, 1.165) is 16.9 Å². The Labute approximate surface area is 207 Å². The first kappa shape index (κ1) is 24.2. The number of hydrogen-bond donors (Lipinski definition) is 1. The van der Waals surface area contributed by atoms with Gasteiger partial charge < -0.3 is 14.4 Å². The number of imidazole rings is 1. The van der Waals surface area contributed by atoms with Crippen LogP contribution in [0.15, 0.2) is 67.1 Å². The number of aromatic nitrogens is 3. The molecule has 0 saturated carbocycles. The second-order valence-corrected chi connectivity index (χ2v) is 7.90. The van der Waals surface area contributed by atoms with Gasteiger partial charge >= 0.3 is 6.09 Å². The fourth-order valence-electron chi connectivity index (χ4n) is 3.52. The van der Waals surface area contributed by atoms with Gasteiger partial charge in [0.15, 0.2) is 0 Å². The van der Waals surface area contributed by atoms with Crippen LogP contribution in [0.1, 0.15) is 17.3 Å². The zero-order valence-corrected chi connectivity index (χ0v) is 20.0. The highest BCUT2D eigenvalue weighted by Crippen LogP contribution is 2.24. The molecule has 0 unspecified atom stereocenters. The lowest BCUT2D eigenvalue weighted by molar-refractivity contribution is 0.0965. The van der Waals surface area contributed by atoms with Gasteiger partial charge in [0.2, 0.25) is 0 Å². The maximum absolute atomic E-state index is 13.6. The molecule has 0 radical (unpaired) electrons. The van der Waals surface area contributed by atoms with E-state index in [0.29, 0.717) is 41.8 Å². The molecule has 180 valence electrons. The van der Waals surface area contributed by atoms with Gasteiger partial charge in [-0.3, -0.25) is 14.5 Å². The van der Waals surface area contributed by atoms with Gasteiger partial charge in [-0.1, -0.05) is 11.6 Å². The van der Waals surface area contributed by atoms with Crippen LogP contribution in [0.25, 0.3) is 16.9 Å². The molecule has 3 aromatic heterocycles. The van der Waals surface area contributed by atoms with Crippen molar-refractivity contribution in [2.75, 3.05) is 37.1 Å². The van der Waals surface area contributed by atoms with Crippen molar-refractivity contribution < 1.29 is 19.1 Å². The number of fused-ring (bicyclic) bond motifs is 1. The molecule has 4 aromatic rings. The average molecular weight is 494 g/mol. The maximum Gasteiger partial charge on any atom is 0.412 e. The highest BCUT2D eigenvalue weighted by Gasteiger charge is 2.19. The molecule has 10 heteroatoms. The van der Waals surface area contributed by atoms with Crippen molar-refractivity contribution in [2.24, 2.45) is 0 Å². The number of halogens is 1. The van der Waals surface area contributed by atoms with Gasteiger partial charge in [0.1, 0.15) is 11.5 Å². The van der Waals surface area contributed by atoms with Crippen LogP contribution in [0.5, 0.6) is 0 Å². The maximum atomic E-state index is 13.6. The Morgan fingerprint density at radius 2 is 1.86 bits per heavy atom. The fraction of sp³-hybridized carbons (Fsp3) is 0.200. The Balaban J connectivity index is 1.65. The van der Waals surface area contributed by atoms with Gasteiger partial charge in [0.25, 0.3) is 5.91 Å². The second kappa shape index (κ2) is 11.0. The molecule has 0 aliphatic heterocycles. The van der Waals surface area contributed by atoms with Gasteiger partial charge in [-0.2, -0.15) is 0 Å². The summed E-state index contributed by atoms with van der Waals surface area (Å²) in [5.41, 5.74) is 3.41. The molecule has 4 rings (SSSR count). The Bertz CT molecular complexity index is 1320. The Morgan fingerprint density at radius 3 is 2.54 bits per heavy atom. The van der Waals surface area contributed by atoms with Crippen LogP contribution >= 0.6 is 11.6 Å². The molecular formula is C25H24ClN5O4. The third-order valence-electron chi connectivity index (χ3n) is 5.27. The smallest absolute Gasteiger partial charge is 0.412 e. The number of rotatable bonds is 8. The van der Waals surface area contributed by atoms with Crippen LogP contribution in [0, 0.1) is 0 Å². The summed E-state index contributed by atoms with van der Waals surface area (Å²) in [6.45, 7) is 3.27. The molecular weight excluding hydrogens is 470 g/mol. The summed E-state index contributed by atoms with van der Waals surface area (Å²) in [5, 5.41) is 3.11. The fourth-order valence-corrected chi connectivity index (χ4v) is 3.65. The topological polar surface area (TPSA) is 98.1 Å². The van der Waals surface area contributed by atoms with Crippen LogP contribution in [-0.4, -0.2) is 53.2 Å². The number of carbonyl (C=O) groups is 2. The average Bonchev–Trinajstić information content (AvgIpc) is 3.31. The molecule has 9 nitrogen and oxygen atoms in total. The molecule has 1 N–H and O–H groups in total. The Hall–Kier alpha value is -3.95. The minimum atomic E-state index is -0.599. The molecule has 0 spiro atoms. The third-order valence-corrected chi connectivity index (χ3v) is 5.53. The van der Waals surface area contributed by atoms with E-state index >= 15 is 0 Å². The number of amides is 2. The van der Waals surface area contributed by atoms with E-state index in [-0.39, 0.29) is 5.91 Å². The standard InChI is InChI=1S/C25H24ClN5O4/c1-3-35-13-12-30(20-8-6-19(26)7-9-20)24(32)18-5-11-23-28-15-21(31(23)16-18)17-4-10-22(27-14-17)29-25(33)34-2/h4-11,14-16H,3,12-13H2,1-2H3,(H,27,29,33). The van der Waals surface area contributed by atoms with Crippen LogP contribution in [0.3, 0.4) is 0 Å². The molecule has 0 aliphatic rings. The predicted molar refractivity (Wildman–Crippen MR) is 134 cm³/mol. The lowest BCUT2D eigenvalue weighted by Gasteiger charge is -2.23. The Morgan fingerprint density at radius 1 is 1.06 bits per heavy atom. The summed E-state index contributed by atoms with van der Waals surface area (Å²) >= 11 is 6.04. The van der Waals surface area contributed by atoms with E-state index in [1.54, 1.807) is 59.9 Å². The molecule has 0 bridgehead atoms. The quantitative estimate of drug-likeness (QED) is 0.350. The van der Waals surface area contributed by atoms with Crippen molar-refractivity contribution >= 4 is 40.8 Å². The van der Waals surface area contributed by atoms with E-state index in [2.05, 4.69) is 20.0 Å². The van der Waals surface area contributed by atoms with Crippen molar-refractivity contribution in [3.05, 3.63) is 77.7 Å². The van der Waals surface area contributed by atoms with E-state index < -0.39 is 6.09 Å². The first-order chi connectivity index (χ1) is 17.0. The first-order valence-electron chi connectivity index (χ1n) is 10.9. The zero-order valence-electron chi connectivity index (χ0n) is 19.3. The summed E-state index contributed by atoms with van der Waals surface area (Å²) < 4.78 is 11.9. The molecule has 0 aliphatic carbocycles. The van der Waals surface area contributed by atoms with Crippen LogP contribution in [0.2, 0.25) is 5.02 Å². The van der Waals surface area contributed by atoms with Gasteiger partial charge in [-0.25, -0.2) is 14.8 Å². The predicted octanol–water partition coefficient (Wildman–Crippen LogP) is 4.91. The number of ether oxygens (including phenoxy) is 2. The zero-order chi connectivity index (χ0) is 24.8. The molecule has 35 heavy (non-hydrogen) atoms. The number of carbonyl (C=O) groups excluding carboxylic acids is 2. The number of nitrogens with zero attached hydrogens (tertiary/aromatic N) is 4. The molecule has 0 saturated heterocycles. The first-order valence-corrected chi connectivity index (χ1v) is 11.3. The summed E-state index contributed by atoms with van der Waals surface area (Å²) in [6, 6.07) is 14.1. The number of nitrogens with one attached hydrogen (secondary N) is 1. The number of hydrogen-bond acceptors (Lipinski definition) is 6. The lowest BCUT2D eigenvalue weighted by atomic mass is 10.2. The minimum absolute atomic E-state index is 0.177. The lowest BCUT2D eigenvalue weighted by Crippen LogP contribution is -2.34. The summed E-state index contributed by atoms with van der Waals surface area (Å²) in [7, 11) is 1.28. The number of pyridine rings is 2. The van der Waals surface area contributed by atoms with Crippen LogP contribution in [-0.2, 0) is 9.47 Å². The summed E-state index contributed by atoms with van der Waals surface area (Å²) in [5.74, 6) is 0.183. The largest absolute Gasteiger partial charge is 0.453 e. The minimum Gasteiger partial charge on any atom is -0.453 e. The third kappa shape index (κ3) is 5.59. The Kier molecular flexibility index (Phi) is 7.59. The van der Waals surface area contributed by atoms with Gasteiger partial charge in [-0.15, -0.1) is 0 Å².